The van der Waals surface area contributed by atoms with Crippen LogP contribution in [0.1, 0.15) is 26.0 Å². The lowest BCUT2D eigenvalue weighted by molar-refractivity contribution is 1.09. The SMILES string of the molecule is [B]c1cc(C(/C=C\C)=C/C=C/CC)n[nH]1. The lowest BCUT2D eigenvalue weighted by Gasteiger charge is -1.94. The Morgan fingerprint density at radius 2 is 2.40 bits per heavy atom. The van der Waals surface area contributed by atoms with Crippen molar-refractivity contribution in [3.8, 4) is 0 Å². The van der Waals surface area contributed by atoms with Gasteiger partial charge in [-0.05, 0) is 25.0 Å². The molecular formula is C12H15BN2. The summed E-state index contributed by atoms with van der Waals surface area (Å²) in [5, 5.41) is 6.84. The minimum atomic E-state index is 0.583. The van der Waals surface area contributed by atoms with E-state index < -0.39 is 0 Å². The van der Waals surface area contributed by atoms with E-state index in [2.05, 4.69) is 23.2 Å². The predicted molar refractivity (Wildman–Crippen MR) is 66.2 cm³/mol. The molecule has 0 fully saturated rings. The molecule has 1 aromatic heterocycles. The quantitative estimate of drug-likeness (QED) is 0.582. The molecule has 0 atom stereocenters. The van der Waals surface area contributed by atoms with Crippen molar-refractivity contribution < 1.29 is 0 Å². The molecule has 0 saturated carbocycles. The monoisotopic (exact) mass is 198 g/mol. The lowest BCUT2D eigenvalue weighted by atomic mass is 10.0. The van der Waals surface area contributed by atoms with Crippen molar-refractivity contribution in [2.24, 2.45) is 0 Å². The van der Waals surface area contributed by atoms with Crippen LogP contribution in [0.5, 0.6) is 0 Å². The van der Waals surface area contributed by atoms with Gasteiger partial charge < -0.3 is 0 Å². The highest BCUT2D eigenvalue weighted by Gasteiger charge is 1.99. The van der Waals surface area contributed by atoms with Crippen molar-refractivity contribution in [2.75, 3.05) is 0 Å². The summed E-state index contributed by atoms with van der Waals surface area (Å²) < 4.78 is 0. The summed E-state index contributed by atoms with van der Waals surface area (Å²) in [5.74, 6) is 0. The maximum Gasteiger partial charge on any atom is 0.140 e. The summed E-state index contributed by atoms with van der Waals surface area (Å²) >= 11 is 0. The zero-order valence-corrected chi connectivity index (χ0v) is 9.20. The Morgan fingerprint density at radius 1 is 1.60 bits per heavy atom. The van der Waals surface area contributed by atoms with Gasteiger partial charge in [-0.25, -0.2) is 0 Å². The molecule has 0 aliphatic rings. The van der Waals surface area contributed by atoms with Gasteiger partial charge >= 0.3 is 0 Å². The number of hydrogen-bond donors (Lipinski definition) is 1. The molecule has 2 nitrogen and oxygen atoms in total. The summed E-state index contributed by atoms with van der Waals surface area (Å²) in [6, 6.07) is 1.83. The fourth-order valence-electron chi connectivity index (χ4n) is 1.20. The fraction of sp³-hybridized carbons (Fsp3) is 0.250. The van der Waals surface area contributed by atoms with E-state index in [0.717, 1.165) is 17.7 Å². The standard InChI is InChI=1S/C12H15BN2/c1-3-5-6-8-10(7-4-2)11-9-12(13)15-14-11/h4-9H,3H2,1-2H3,(H,14,15)/b6-5+,7-4-,10-8+. The van der Waals surface area contributed by atoms with E-state index in [4.69, 9.17) is 7.85 Å². The Bertz CT molecular complexity index is 386. The number of allylic oxidation sites excluding steroid dienone is 6. The van der Waals surface area contributed by atoms with Crippen molar-refractivity contribution in [2.45, 2.75) is 20.3 Å². The Morgan fingerprint density at radius 3 is 2.93 bits per heavy atom. The Labute approximate surface area is 92.2 Å². The van der Waals surface area contributed by atoms with E-state index in [1.807, 2.05) is 37.3 Å². The molecule has 1 aromatic rings. The molecule has 15 heavy (non-hydrogen) atoms. The van der Waals surface area contributed by atoms with Gasteiger partial charge in [0.2, 0.25) is 0 Å². The molecule has 76 valence electrons. The van der Waals surface area contributed by atoms with Gasteiger partial charge in [0, 0.05) is 5.57 Å². The van der Waals surface area contributed by atoms with E-state index in [-0.39, 0.29) is 0 Å². The molecule has 0 aliphatic carbocycles. The van der Waals surface area contributed by atoms with E-state index in [1.54, 1.807) is 0 Å². The molecular weight excluding hydrogens is 183 g/mol. The third kappa shape index (κ3) is 3.62. The number of nitrogens with zero attached hydrogens (tertiary/aromatic N) is 1. The third-order valence-corrected chi connectivity index (χ3v) is 1.89. The van der Waals surface area contributed by atoms with Gasteiger partial charge in [0.15, 0.2) is 0 Å². The summed E-state index contributed by atoms with van der Waals surface area (Å²) in [7, 11) is 5.58. The second-order valence-electron chi connectivity index (χ2n) is 3.17. The maximum absolute atomic E-state index is 5.58. The topological polar surface area (TPSA) is 28.7 Å². The normalized spacial score (nSPS) is 13.1. The fourth-order valence-corrected chi connectivity index (χ4v) is 1.20. The number of H-pyrrole nitrogens is 1. The van der Waals surface area contributed by atoms with Crippen molar-refractivity contribution in [3.05, 3.63) is 42.1 Å². The van der Waals surface area contributed by atoms with Crippen LogP contribution in [-0.4, -0.2) is 18.0 Å². The lowest BCUT2D eigenvalue weighted by Crippen LogP contribution is -2.00. The number of nitrogens with one attached hydrogen (secondary N) is 1. The van der Waals surface area contributed by atoms with Crippen LogP contribution in [0.15, 0.2) is 36.4 Å². The molecule has 0 saturated heterocycles. The molecule has 0 unspecified atom stereocenters. The Hall–Kier alpha value is -1.51. The van der Waals surface area contributed by atoms with Gasteiger partial charge in [0.25, 0.3) is 0 Å². The number of aromatic nitrogens is 2. The van der Waals surface area contributed by atoms with E-state index in [1.165, 1.54) is 0 Å². The summed E-state index contributed by atoms with van der Waals surface area (Å²) in [4.78, 5) is 0. The predicted octanol–water partition coefficient (Wildman–Crippen LogP) is 2.13. The zero-order chi connectivity index (χ0) is 11.1. The van der Waals surface area contributed by atoms with Crippen LogP contribution in [0.25, 0.3) is 5.57 Å². The maximum atomic E-state index is 5.58. The molecule has 0 aliphatic heterocycles. The van der Waals surface area contributed by atoms with Crippen LogP contribution in [-0.2, 0) is 0 Å². The largest absolute Gasteiger partial charge is 0.293 e. The molecule has 1 heterocycles. The Balaban J connectivity index is 2.92. The first-order valence-electron chi connectivity index (χ1n) is 5.08. The first-order valence-corrected chi connectivity index (χ1v) is 5.08. The number of aromatic amines is 1. The average molecular weight is 198 g/mol. The number of hydrogen-bond acceptors (Lipinski definition) is 1. The van der Waals surface area contributed by atoms with Gasteiger partial charge in [-0.3, -0.25) is 5.10 Å². The number of rotatable bonds is 4. The van der Waals surface area contributed by atoms with Crippen molar-refractivity contribution in [1.82, 2.24) is 10.2 Å². The minimum absolute atomic E-state index is 0.583. The van der Waals surface area contributed by atoms with Gasteiger partial charge in [-0.2, -0.15) is 5.10 Å². The highest BCUT2D eigenvalue weighted by molar-refractivity contribution is 6.30. The summed E-state index contributed by atoms with van der Waals surface area (Å²) in [5.41, 5.74) is 2.50. The molecule has 0 spiro atoms. The summed E-state index contributed by atoms with van der Waals surface area (Å²) in [6.45, 7) is 4.08. The molecule has 0 amide bonds. The van der Waals surface area contributed by atoms with Gasteiger partial charge in [-0.15, -0.1) is 0 Å². The van der Waals surface area contributed by atoms with Crippen LogP contribution in [0.4, 0.5) is 0 Å². The molecule has 3 heteroatoms. The van der Waals surface area contributed by atoms with Gasteiger partial charge in [-0.1, -0.05) is 37.3 Å². The van der Waals surface area contributed by atoms with Crippen molar-refractivity contribution >= 4 is 19.0 Å². The summed E-state index contributed by atoms with van der Waals surface area (Å²) in [6.07, 6.45) is 11.2. The highest BCUT2D eigenvalue weighted by atomic mass is 15.1. The van der Waals surface area contributed by atoms with Crippen LogP contribution < -0.4 is 5.59 Å². The highest BCUT2D eigenvalue weighted by Crippen LogP contribution is 2.11. The van der Waals surface area contributed by atoms with Crippen LogP contribution >= 0.6 is 0 Å². The third-order valence-electron chi connectivity index (χ3n) is 1.89. The molecule has 1 rings (SSSR count). The van der Waals surface area contributed by atoms with E-state index >= 15 is 0 Å². The Kier molecular flexibility index (Phi) is 4.68. The molecule has 1 N–H and O–H groups in total. The molecule has 2 radical (unpaired) electrons. The first kappa shape index (κ1) is 11.6. The van der Waals surface area contributed by atoms with Crippen molar-refractivity contribution in [3.63, 3.8) is 0 Å². The first-order chi connectivity index (χ1) is 7.27. The molecule has 0 bridgehead atoms. The average Bonchev–Trinajstić information content (AvgIpc) is 2.64. The van der Waals surface area contributed by atoms with Crippen molar-refractivity contribution in [1.29, 1.82) is 0 Å². The van der Waals surface area contributed by atoms with E-state index in [0.29, 0.717) is 5.59 Å². The van der Waals surface area contributed by atoms with Gasteiger partial charge in [0.1, 0.15) is 7.85 Å². The second kappa shape index (κ2) is 6.07. The zero-order valence-electron chi connectivity index (χ0n) is 9.20. The van der Waals surface area contributed by atoms with E-state index in [9.17, 15) is 0 Å². The van der Waals surface area contributed by atoms with Crippen LogP contribution in [0.3, 0.4) is 0 Å². The smallest absolute Gasteiger partial charge is 0.140 e. The second-order valence-corrected chi connectivity index (χ2v) is 3.17. The van der Waals surface area contributed by atoms with Crippen LogP contribution in [0, 0.1) is 0 Å². The minimum Gasteiger partial charge on any atom is -0.293 e. The molecule has 0 aromatic carbocycles. The van der Waals surface area contributed by atoms with Crippen LogP contribution in [0.2, 0.25) is 0 Å². The van der Waals surface area contributed by atoms with Gasteiger partial charge in [0.05, 0.1) is 5.69 Å².